The normalized spacial score (nSPS) is 12.4. The number of methoxy groups -OCH3 is 1. The molecule has 1 N–H and O–H groups in total. The van der Waals surface area contributed by atoms with Crippen LogP contribution in [0, 0.1) is 0 Å². The Morgan fingerprint density at radius 2 is 1.85 bits per heavy atom. The molecule has 0 bridgehead atoms. The van der Waals surface area contributed by atoms with E-state index < -0.39 is 28.1 Å². The van der Waals surface area contributed by atoms with Crippen LogP contribution in [0.4, 0.5) is 0 Å². The Morgan fingerprint density at radius 3 is 2.46 bits per heavy atom. The first-order valence-electron chi connectivity index (χ1n) is 7.67. The number of sulfonamides is 1. The molecule has 1 aromatic carbocycles. The molecule has 0 saturated heterocycles. The molecular formula is C17H19NO6S2. The Bertz CT molecular complexity index is 860. The molecule has 26 heavy (non-hydrogen) atoms. The van der Waals surface area contributed by atoms with Gasteiger partial charge in [-0.25, -0.2) is 22.7 Å². The average molecular weight is 397 g/mol. The minimum atomic E-state index is -3.25. The maximum absolute atomic E-state index is 12.4. The number of hydrogen-bond donors (Lipinski definition) is 1. The highest BCUT2D eigenvalue weighted by molar-refractivity contribution is 7.88. The van der Waals surface area contributed by atoms with Gasteiger partial charge in [0.2, 0.25) is 16.1 Å². The van der Waals surface area contributed by atoms with E-state index in [1.165, 1.54) is 18.4 Å². The molecule has 2 rings (SSSR count). The van der Waals surface area contributed by atoms with Crippen LogP contribution in [0.2, 0.25) is 0 Å². The number of hydrogen-bond acceptors (Lipinski definition) is 7. The predicted molar refractivity (Wildman–Crippen MR) is 97.5 cm³/mol. The van der Waals surface area contributed by atoms with Crippen molar-refractivity contribution in [1.82, 2.24) is 4.72 Å². The lowest BCUT2D eigenvalue weighted by atomic mass is 10.1. The van der Waals surface area contributed by atoms with Gasteiger partial charge in [-0.1, -0.05) is 30.3 Å². The van der Waals surface area contributed by atoms with Crippen molar-refractivity contribution in [3.8, 4) is 0 Å². The van der Waals surface area contributed by atoms with Crippen molar-refractivity contribution in [2.75, 3.05) is 19.9 Å². The van der Waals surface area contributed by atoms with Gasteiger partial charge in [-0.15, -0.1) is 11.3 Å². The van der Waals surface area contributed by atoms with Crippen LogP contribution in [0.3, 0.4) is 0 Å². The molecule has 0 amide bonds. The van der Waals surface area contributed by atoms with Crippen molar-refractivity contribution in [2.45, 2.75) is 12.5 Å². The molecule has 1 unspecified atom stereocenters. The van der Waals surface area contributed by atoms with Crippen molar-refractivity contribution in [3.63, 3.8) is 0 Å². The maximum Gasteiger partial charge on any atom is 0.351 e. The van der Waals surface area contributed by atoms with Crippen LogP contribution in [0.1, 0.15) is 26.2 Å². The Morgan fingerprint density at radius 1 is 1.15 bits per heavy atom. The fraction of sp³-hybridized carbons (Fsp3) is 0.294. The topological polar surface area (TPSA) is 98.8 Å². The van der Waals surface area contributed by atoms with Gasteiger partial charge in [0.1, 0.15) is 4.88 Å². The lowest BCUT2D eigenvalue weighted by Crippen LogP contribution is -2.24. The number of carbonyl (C=O) groups is 2. The smallest absolute Gasteiger partial charge is 0.351 e. The molecule has 1 atom stereocenters. The first-order valence-corrected chi connectivity index (χ1v) is 10.4. The summed E-state index contributed by atoms with van der Waals surface area (Å²) in [6.07, 6.45) is 0.386. The van der Waals surface area contributed by atoms with Crippen LogP contribution in [0.5, 0.6) is 0 Å². The molecule has 0 fully saturated rings. The summed E-state index contributed by atoms with van der Waals surface area (Å²) in [4.78, 5) is 25.5. The third-order valence-electron chi connectivity index (χ3n) is 3.34. The lowest BCUT2D eigenvalue weighted by Gasteiger charge is -2.15. The second kappa shape index (κ2) is 8.93. The summed E-state index contributed by atoms with van der Waals surface area (Å²) in [6.45, 7) is 0.239. The van der Waals surface area contributed by atoms with Crippen LogP contribution in [0.25, 0.3) is 0 Å². The highest BCUT2D eigenvalue weighted by Gasteiger charge is 2.27. The summed E-state index contributed by atoms with van der Waals surface area (Å²) in [5, 5.41) is 0. The molecular weight excluding hydrogens is 378 g/mol. The summed E-state index contributed by atoms with van der Waals surface area (Å²) >= 11 is 1.19. The number of nitrogens with one attached hydrogen (secondary N) is 1. The third kappa shape index (κ3) is 5.94. The molecule has 0 aliphatic heterocycles. The van der Waals surface area contributed by atoms with E-state index in [9.17, 15) is 18.0 Å². The van der Waals surface area contributed by atoms with Gasteiger partial charge in [0.15, 0.2) is 0 Å². The van der Waals surface area contributed by atoms with Gasteiger partial charge < -0.3 is 9.47 Å². The number of thiophene rings is 1. The third-order valence-corrected chi connectivity index (χ3v) is 5.19. The summed E-state index contributed by atoms with van der Waals surface area (Å²) < 4.78 is 34.6. The molecule has 2 aromatic rings. The highest BCUT2D eigenvalue weighted by Crippen LogP contribution is 2.24. The molecule has 0 saturated carbocycles. The van der Waals surface area contributed by atoms with Crippen molar-refractivity contribution in [3.05, 3.63) is 57.8 Å². The zero-order valence-corrected chi connectivity index (χ0v) is 15.9. The van der Waals surface area contributed by atoms with Gasteiger partial charge in [-0.2, -0.15) is 0 Å². The van der Waals surface area contributed by atoms with Crippen LogP contribution < -0.4 is 4.72 Å². The van der Waals surface area contributed by atoms with Crippen molar-refractivity contribution < 1.29 is 27.5 Å². The second-order valence-corrected chi connectivity index (χ2v) is 8.40. The molecule has 0 aliphatic carbocycles. The zero-order chi connectivity index (χ0) is 19.2. The van der Waals surface area contributed by atoms with Crippen LogP contribution in [-0.2, 0) is 30.7 Å². The van der Waals surface area contributed by atoms with E-state index in [1.807, 2.05) is 0 Å². The summed E-state index contributed by atoms with van der Waals surface area (Å²) in [5.74, 6) is -1.31. The number of ether oxygens (including phenoxy) is 2. The Hall–Kier alpha value is -2.23. The minimum Gasteiger partial charge on any atom is -0.466 e. The predicted octanol–water partition coefficient (Wildman–Crippen LogP) is 1.91. The van der Waals surface area contributed by atoms with E-state index >= 15 is 0 Å². The first-order chi connectivity index (χ1) is 12.3. The standard InChI is InChI=1S/C17H19NO6S2/c1-23-17(20)15(12-6-4-3-5-7-12)24-16(19)14-9-8-13(25-14)10-11-18-26(2,21)22/h3-9,15,18H,10-11H2,1-2H3. The van der Waals surface area contributed by atoms with E-state index in [-0.39, 0.29) is 6.54 Å². The number of benzene rings is 1. The van der Waals surface area contributed by atoms with Gasteiger partial charge in [-0.05, 0) is 18.6 Å². The lowest BCUT2D eigenvalue weighted by molar-refractivity contribution is -0.151. The molecule has 1 aromatic heterocycles. The number of carbonyl (C=O) groups excluding carboxylic acids is 2. The maximum atomic E-state index is 12.4. The van der Waals surface area contributed by atoms with E-state index in [2.05, 4.69) is 4.72 Å². The highest BCUT2D eigenvalue weighted by atomic mass is 32.2. The van der Waals surface area contributed by atoms with E-state index in [1.54, 1.807) is 42.5 Å². The number of rotatable bonds is 8. The number of esters is 2. The molecule has 0 radical (unpaired) electrons. The fourth-order valence-electron chi connectivity index (χ4n) is 2.13. The molecule has 140 valence electrons. The zero-order valence-electron chi connectivity index (χ0n) is 14.3. The van der Waals surface area contributed by atoms with Crippen molar-refractivity contribution in [1.29, 1.82) is 0 Å². The molecule has 7 nitrogen and oxygen atoms in total. The van der Waals surface area contributed by atoms with Gasteiger partial charge in [0.25, 0.3) is 0 Å². The van der Waals surface area contributed by atoms with Crippen molar-refractivity contribution in [2.24, 2.45) is 0 Å². The Balaban J connectivity index is 2.04. The summed E-state index contributed by atoms with van der Waals surface area (Å²) in [7, 11) is -2.02. The first kappa shape index (κ1) is 20.1. The summed E-state index contributed by atoms with van der Waals surface area (Å²) in [6, 6.07) is 11.9. The molecule has 0 spiro atoms. The van der Waals surface area contributed by atoms with Gasteiger partial charge in [0.05, 0.1) is 13.4 Å². The largest absolute Gasteiger partial charge is 0.466 e. The van der Waals surface area contributed by atoms with Gasteiger partial charge in [-0.3, -0.25) is 0 Å². The monoisotopic (exact) mass is 397 g/mol. The summed E-state index contributed by atoms with van der Waals surface area (Å²) in [5.41, 5.74) is 0.516. The second-order valence-electron chi connectivity index (χ2n) is 5.40. The van der Waals surface area contributed by atoms with E-state index in [0.29, 0.717) is 16.9 Å². The van der Waals surface area contributed by atoms with Gasteiger partial charge >= 0.3 is 11.9 Å². The average Bonchev–Trinajstić information content (AvgIpc) is 3.07. The van der Waals surface area contributed by atoms with Crippen LogP contribution in [0.15, 0.2) is 42.5 Å². The van der Waals surface area contributed by atoms with E-state index in [4.69, 9.17) is 9.47 Å². The SMILES string of the molecule is COC(=O)C(OC(=O)c1ccc(CCNS(C)(=O)=O)s1)c1ccccc1. The Kier molecular flexibility index (Phi) is 6.90. The molecule has 1 heterocycles. The fourth-order valence-corrected chi connectivity index (χ4v) is 3.50. The molecule has 0 aliphatic rings. The van der Waals surface area contributed by atoms with E-state index in [0.717, 1.165) is 11.1 Å². The van der Waals surface area contributed by atoms with Crippen molar-refractivity contribution >= 4 is 33.3 Å². The van der Waals surface area contributed by atoms with Gasteiger partial charge in [0, 0.05) is 17.0 Å². The van der Waals surface area contributed by atoms with Crippen LogP contribution >= 0.6 is 11.3 Å². The quantitative estimate of drug-likeness (QED) is 0.683. The molecule has 9 heteroatoms. The minimum absolute atomic E-state index is 0.239. The van der Waals surface area contributed by atoms with Crippen LogP contribution in [-0.4, -0.2) is 40.3 Å². The Labute approximate surface area is 156 Å².